The van der Waals surface area contributed by atoms with E-state index in [2.05, 4.69) is 0 Å². The van der Waals surface area contributed by atoms with Gasteiger partial charge in [0.15, 0.2) is 11.5 Å². The van der Waals surface area contributed by atoms with Crippen molar-refractivity contribution in [2.45, 2.75) is 0 Å². The Morgan fingerprint density at radius 1 is 1.25 bits per heavy atom. The zero-order valence-electron chi connectivity index (χ0n) is 6.29. The molecule has 12 heavy (non-hydrogen) atoms. The van der Waals surface area contributed by atoms with Gasteiger partial charge in [0.2, 0.25) is 6.79 Å². The maximum Gasteiger partial charge on any atom is 0.231 e. The zero-order valence-corrected chi connectivity index (χ0v) is 6.29. The highest BCUT2D eigenvalue weighted by atomic mass is 19.1. The molecule has 0 fully saturated rings. The number of benzene rings is 1. The number of hydrogen-bond donors (Lipinski definition) is 0. The molecule has 3 heteroatoms. The molecule has 0 saturated carbocycles. The van der Waals surface area contributed by atoms with E-state index in [0.717, 1.165) is 5.56 Å². The highest BCUT2D eigenvalue weighted by Gasteiger charge is 2.11. The number of fused-ring (bicyclic) bond motifs is 1. The van der Waals surface area contributed by atoms with Gasteiger partial charge in [-0.25, -0.2) is 4.39 Å². The molecule has 0 radical (unpaired) electrons. The Morgan fingerprint density at radius 3 is 2.92 bits per heavy atom. The van der Waals surface area contributed by atoms with E-state index in [9.17, 15) is 4.39 Å². The number of hydrogen-bond acceptors (Lipinski definition) is 2. The van der Waals surface area contributed by atoms with Gasteiger partial charge in [-0.15, -0.1) is 0 Å². The van der Waals surface area contributed by atoms with Crippen LogP contribution < -0.4 is 9.47 Å². The van der Waals surface area contributed by atoms with E-state index in [1.54, 1.807) is 18.2 Å². The summed E-state index contributed by atoms with van der Waals surface area (Å²) in [7, 11) is 0. The Morgan fingerprint density at radius 2 is 2.08 bits per heavy atom. The zero-order chi connectivity index (χ0) is 8.39. The molecule has 62 valence electrons. The first-order valence-corrected chi connectivity index (χ1v) is 3.56. The van der Waals surface area contributed by atoms with E-state index < -0.39 is 0 Å². The molecule has 0 spiro atoms. The Bertz CT molecular complexity index is 320. The van der Waals surface area contributed by atoms with Gasteiger partial charge >= 0.3 is 0 Å². The number of rotatable bonds is 1. The van der Waals surface area contributed by atoms with Crippen LogP contribution in [0.4, 0.5) is 4.39 Å². The van der Waals surface area contributed by atoms with Crippen LogP contribution in [-0.2, 0) is 0 Å². The second kappa shape index (κ2) is 2.85. The molecule has 0 atom stereocenters. The van der Waals surface area contributed by atoms with Crippen molar-refractivity contribution in [2.75, 3.05) is 6.79 Å². The van der Waals surface area contributed by atoms with Crippen molar-refractivity contribution in [3.63, 3.8) is 0 Å². The normalized spacial score (nSPS) is 14.1. The molecule has 0 unspecified atom stereocenters. The van der Waals surface area contributed by atoms with Gasteiger partial charge in [0.25, 0.3) is 0 Å². The first-order chi connectivity index (χ1) is 5.90. The first-order valence-electron chi connectivity index (χ1n) is 3.56. The van der Waals surface area contributed by atoms with E-state index in [0.29, 0.717) is 17.8 Å². The van der Waals surface area contributed by atoms with Crippen molar-refractivity contribution in [1.29, 1.82) is 0 Å². The summed E-state index contributed by atoms with van der Waals surface area (Å²) >= 11 is 0. The summed E-state index contributed by atoms with van der Waals surface area (Å²) in [5.41, 5.74) is 0.766. The van der Waals surface area contributed by atoms with Gasteiger partial charge in [0, 0.05) is 0 Å². The van der Waals surface area contributed by atoms with Gasteiger partial charge in [-0.2, -0.15) is 0 Å². The highest BCUT2D eigenvalue weighted by Crippen LogP contribution is 2.32. The predicted molar refractivity (Wildman–Crippen MR) is 42.7 cm³/mol. The molecular formula is C9H7FO2. The molecule has 1 aromatic rings. The lowest BCUT2D eigenvalue weighted by molar-refractivity contribution is 0.174. The quantitative estimate of drug-likeness (QED) is 0.637. The van der Waals surface area contributed by atoms with Crippen LogP contribution in [0, 0.1) is 0 Å². The molecule has 1 heterocycles. The summed E-state index contributed by atoms with van der Waals surface area (Å²) in [6, 6.07) is 5.26. The van der Waals surface area contributed by atoms with Crippen LogP contribution in [0.25, 0.3) is 6.08 Å². The van der Waals surface area contributed by atoms with Crippen LogP contribution in [0.5, 0.6) is 11.5 Å². The van der Waals surface area contributed by atoms with Gasteiger partial charge < -0.3 is 9.47 Å². The molecule has 2 nitrogen and oxygen atoms in total. The maximum absolute atomic E-state index is 11.8. The summed E-state index contributed by atoms with van der Waals surface area (Å²) in [6.45, 7) is 0.248. The largest absolute Gasteiger partial charge is 0.454 e. The van der Waals surface area contributed by atoms with Crippen molar-refractivity contribution in [1.82, 2.24) is 0 Å². The molecule has 0 aromatic heterocycles. The second-order valence-corrected chi connectivity index (χ2v) is 2.41. The lowest BCUT2D eigenvalue weighted by atomic mass is 10.2. The minimum Gasteiger partial charge on any atom is -0.454 e. The van der Waals surface area contributed by atoms with Crippen LogP contribution in [-0.4, -0.2) is 6.79 Å². The van der Waals surface area contributed by atoms with Crippen LogP contribution in [0.15, 0.2) is 24.5 Å². The molecule has 0 aliphatic carbocycles. The average molecular weight is 166 g/mol. The maximum atomic E-state index is 11.8. The minimum atomic E-state index is 0.248. The van der Waals surface area contributed by atoms with E-state index in [1.165, 1.54) is 6.08 Å². The van der Waals surface area contributed by atoms with Crippen LogP contribution in [0.2, 0.25) is 0 Å². The van der Waals surface area contributed by atoms with Crippen molar-refractivity contribution >= 4 is 6.08 Å². The van der Waals surface area contributed by atoms with Gasteiger partial charge in [0.1, 0.15) is 0 Å². The standard InChI is InChI=1S/C9H7FO2/c10-4-3-7-1-2-8-9(5-7)12-6-11-8/h1-5H,6H2. The molecule has 2 rings (SSSR count). The monoisotopic (exact) mass is 166 g/mol. The van der Waals surface area contributed by atoms with Gasteiger partial charge in [-0.05, 0) is 23.8 Å². The molecule has 1 aliphatic rings. The molecule has 0 amide bonds. The van der Waals surface area contributed by atoms with E-state index in [4.69, 9.17) is 9.47 Å². The summed E-state index contributed by atoms with van der Waals surface area (Å²) in [5, 5.41) is 0. The van der Waals surface area contributed by atoms with E-state index in [1.807, 2.05) is 0 Å². The molecule has 0 saturated heterocycles. The van der Waals surface area contributed by atoms with Crippen molar-refractivity contribution < 1.29 is 13.9 Å². The van der Waals surface area contributed by atoms with Gasteiger partial charge in [-0.3, -0.25) is 0 Å². The summed E-state index contributed by atoms with van der Waals surface area (Å²) in [4.78, 5) is 0. The van der Waals surface area contributed by atoms with Crippen molar-refractivity contribution in [2.24, 2.45) is 0 Å². The molecular weight excluding hydrogens is 159 g/mol. The first kappa shape index (κ1) is 7.16. The van der Waals surface area contributed by atoms with E-state index in [-0.39, 0.29) is 6.79 Å². The minimum absolute atomic E-state index is 0.248. The Hall–Kier alpha value is -1.51. The third-order valence-electron chi connectivity index (χ3n) is 1.65. The fraction of sp³-hybridized carbons (Fsp3) is 0.111. The molecule has 0 N–H and O–H groups in total. The molecule has 1 aliphatic heterocycles. The third kappa shape index (κ3) is 1.13. The van der Waals surface area contributed by atoms with Crippen LogP contribution in [0.1, 0.15) is 5.56 Å². The highest BCUT2D eigenvalue weighted by molar-refractivity contribution is 5.55. The van der Waals surface area contributed by atoms with Gasteiger partial charge in [-0.1, -0.05) is 6.07 Å². The lowest BCUT2D eigenvalue weighted by Gasteiger charge is -1.95. The van der Waals surface area contributed by atoms with Crippen LogP contribution >= 0.6 is 0 Å². The Kier molecular flexibility index (Phi) is 1.70. The number of ether oxygens (including phenoxy) is 2. The van der Waals surface area contributed by atoms with Crippen molar-refractivity contribution in [3.05, 3.63) is 30.1 Å². The summed E-state index contributed by atoms with van der Waals surface area (Å²) in [6.07, 6.45) is 1.86. The number of halogens is 1. The Balaban J connectivity index is 2.38. The molecule has 1 aromatic carbocycles. The molecule has 0 bridgehead atoms. The summed E-state index contributed by atoms with van der Waals surface area (Å²) < 4.78 is 22.0. The van der Waals surface area contributed by atoms with Crippen LogP contribution in [0.3, 0.4) is 0 Å². The van der Waals surface area contributed by atoms with E-state index >= 15 is 0 Å². The fourth-order valence-corrected chi connectivity index (χ4v) is 1.09. The second-order valence-electron chi connectivity index (χ2n) is 2.41. The lowest BCUT2D eigenvalue weighted by Crippen LogP contribution is -1.92. The topological polar surface area (TPSA) is 18.5 Å². The van der Waals surface area contributed by atoms with Gasteiger partial charge in [0.05, 0.1) is 6.33 Å². The SMILES string of the molecule is FC=Cc1ccc2c(c1)OCO2. The summed E-state index contributed by atoms with van der Waals surface area (Å²) in [5.74, 6) is 1.39. The van der Waals surface area contributed by atoms with Crippen molar-refractivity contribution in [3.8, 4) is 11.5 Å². The Labute approximate surface area is 69.2 Å². The average Bonchev–Trinajstić information content (AvgIpc) is 2.51. The predicted octanol–water partition coefficient (Wildman–Crippen LogP) is 2.36. The third-order valence-corrected chi connectivity index (χ3v) is 1.65. The fourth-order valence-electron chi connectivity index (χ4n) is 1.09. The smallest absolute Gasteiger partial charge is 0.231 e.